The highest BCUT2D eigenvalue weighted by atomic mass is 35.5. The summed E-state index contributed by atoms with van der Waals surface area (Å²) in [7, 11) is 2.79. The molecule has 0 aliphatic carbocycles. The van der Waals surface area contributed by atoms with Gasteiger partial charge in [-0.05, 0) is 156 Å². The molecule has 0 saturated heterocycles. The van der Waals surface area contributed by atoms with Gasteiger partial charge in [0.2, 0.25) is 0 Å². The third-order valence-electron chi connectivity index (χ3n) is 10.9. The summed E-state index contributed by atoms with van der Waals surface area (Å²) in [5, 5.41) is 20.9. The van der Waals surface area contributed by atoms with Crippen molar-refractivity contribution in [2.45, 2.75) is 70.6 Å². The maximum atomic E-state index is 11.2. The second-order valence-electron chi connectivity index (χ2n) is 15.9. The number of aromatic hydroxyl groups is 1. The van der Waals surface area contributed by atoms with Crippen molar-refractivity contribution < 1.29 is 34.0 Å². The van der Waals surface area contributed by atoms with Gasteiger partial charge in [0.1, 0.15) is 11.5 Å². The van der Waals surface area contributed by atoms with Crippen molar-refractivity contribution in [2.75, 3.05) is 50.4 Å². The van der Waals surface area contributed by atoms with Crippen molar-refractivity contribution in [3.05, 3.63) is 199 Å². The molecule has 0 radical (unpaired) electrons. The fourth-order valence-corrected chi connectivity index (χ4v) is 9.19. The molecule has 0 heterocycles. The third kappa shape index (κ3) is 23.7. The number of halogens is 4. The molecule has 0 atom stereocenters. The molecule has 2 N–H and O–H groups in total. The zero-order valence-corrected chi connectivity index (χ0v) is 43.8. The molecule has 0 fully saturated rings. The standard InChI is InChI=1S/C28H30Cl2O3S.C18H20Cl2OS.C10H12O3.CH4/c1-32-28(31)17-6-21-4-15-26(16-5-21)33-18-20-34-19-2-3-27(22-7-11-24(29)12-8-22)23-9-13-25(30)14-10-23;19-16-7-3-14(4-8-16)18(2-1-12-22-13-11-21)15-5-9-17(20)10-6-15;1-13-10(12)7-4-8-2-5-9(11)6-3-8;/h4-5,7-16,27H,2-3,6,17-20H2,1H3;3-10,18,21H,1-2,11-13H2;2-3,5-6,11H,4,7H2,1H3;1H4. The zero-order chi connectivity index (χ0) is 49.6. The summed E-state index contributed by atoms with van der Waals surface area (Å²) < 4.78 is 15.0. The van der Waals surface area contributed by atoms with E-state index in [0.29, 0.717) is 44.1 Å². The summed E-state index contributed by atoms with van der Waals surface area (Å²) in [5.74, 6) is 5.26. The summed E-state index contributed by atoms with van der Waals surface area (Å²) in [4.78, 5) is 22.0. The maximum Gasteiger partial charge on any atom is 0.305 e. The molecule has 70 heavy (non-hydrogen) atoms. The Morgan fingerprint density at radius 1 is 0.500 bits per heavy atom. The van der Waals surface area contributed by atoms with Gasteiger partial charge in [-0.3, -0.25) is 9.59 Å². The number of phenolic OH excluding ortho intramolecular Hbond substituents is 1. The Kier molecular flexibility index (Phi) is 29.9. The van der Waals surface area contributed by atoms with E-state index in [1.165, 1.54) is 36.5 Å². The first-order chi connectivity index (χ1) is 33.5. The number of ether oxygens (including phenoxy) is 3. The molecule has 0 aliphatic rings. The lowest BCUT2D eigenvalue weighted by Crippen LogP contribution is -2.04. The van der Waals surface area contributed by atoms with Crippen molar-refractivity contribution >= 4 is 81.9 Å². The lowest BCUT2D eigenvalue weighted by Gasteiger charge is -2.18. The predicted octanol–water partition coefficient (Wildman–Crippen LogP) is 15.6. The second-order valence-corrected chi connectivity index (χ2v) is 20.1. The lowest BCUT2D eigenvalue weighted by atomic mass is 9.88. The molecule has 6 aromatic rings. The van der Waals surface area contributed by atoms with Crippen LogP contribution in [-0.4, -0.2) is 72.6 Å². The number of hydrogen-bond acceptors (Lipinski definition) is 9. The number of phenols is 1. The van der Waals surface area contributed by atoms with E-state index in [1.54, 1.807) is 36.0 Å². The van der Waals surface area contributed by atoms with Gasteiger partial charge in [0.25, 0.3) is 0 Å². The quantitative estimate of drug-likeness (QED) is 0.0453. The van der Waals surface area contributed by atoms with Crippen molar-refractivity contribution in [3.8, 4) is 11.5 Å². The molecule has 376 valence electrons. The number of aryl methyl sites for hydroxylation is 2. The molecule has 0 aliphatic heterocycles. The summed E-state index contributed by atoms with van der Waals surface area (Å²) in [6.07, 6.45) is 6.44. The molecular formula is C57H66Cl4O7S2. The molecule has 0 aromatic heterocycles. The number of carbonyl (C=O) groups is 2. The number of hydrogen-bond donors (Lipinski definition) is 2. The van der Waals surface area contributed by atoms with E-state index < -0.39 is 0 Å². The van der Waals surface area contributed by atoms with E-state index in [0.717, 1.165) is 85.7 Å². The van der Waals surface area contributed by atoms with E-state index in [-0.39, 0.29) is 31.7 Å². The first kappa shape index (κ1) is 60.0. The van der Waals surface area contributed by atoms with Crippen molar-refractivity contribution in [2.24, 2.45) is 0 Å². The van der Waals surface area contributed by atoms with Crippen LogP contribution in [0.2, 0.25) is 20.1 Å². The summed E-state index contributed by atoms with van der Waals surface area (Å²) in [5.41, 5.74) is 7.22. The SMILES string of the molecule is C.COC(=O)CCc1ccc(O)cc1.COC(=O)CCc1ccc(OCCSCCCC(c2ccc(Cl)cc2)c2ccc(Cl)cc2)cc1.OCCSCCCC(c1ccc(Cl)cc1)c1ccc(Cl)cc1. The average molecular weight is 1070 g/mol. The molecule has 0 amide bonds. The van der Waals surface area contributed by atoms with Crippen LogP contribution >= 0.6 is 69.9 Å². The lowest BCUT2D eigenvalue weighted by molar-refractivity contribution is -0.141. The number of benzene rings is 6. The van der Waals surface area contributed by atoms with Gasteiger partial charge >= 0.3 is 11.9 Å². The number of rotatable bonds is 24. The normalized spacial score (nSPS) is 10.6. The largest absolute Gasteiger partial charge is 0.508 e. The smallest absolute Gasteiger partial charge is 0.305 e. The van der Waals surface area contributed by atoms with Gasteiger partial charge in [0, 0.05) is 56.3 Å². The zero-order valence-electron chi connectivity index (χ0n) is 39.2. The van der Waals surface area contributed by atoms with Gasteiger partial charge in [-0.15, -0.1) is 0 Å². The highest BCUT2D eigenvalue weighted by Gasteiger charge is 2.16. The molecule has 0 bridgehead atoms. The molecule has 0 unspecified atom stereocenters. The first-order valence-electron chi connectivity index (χ1n) is 22.9. The minimum atomic E-state index is -0.215. The Balaban J connectivity index is 0.000000307. The Labute approximate surface area is 444 Å². The monoisotopic (exact) mass is 1070 g/mol. The second kappa shape index (κ2) is 34.9. The van der Waals surface area contributed by atoms with E-state index in [4.69, 9.17) is 61.4 Å². The number of carbonyl (C=O) groups excluding carboxylic acids is 2. The molecule has 7 nitrogen and oxygen atoms in total. The molecule has 6 aromatic carbocycles. The van der Waals surface area contributed by atoms with Gasteiger partial charge in [0.05, 0.1) is 27.4 Å². The maximum absolute atomic E-state index is 11.2. The highest BCUT2D eigenvalue weighted by Crippen LogP contribution is 2.33. The van der Waals surface area contributed by atoms with Crippen molar-refractivity contribution in [3.63, 3.8) is 0 Å². The minimum absolute atomic E-state index is 0. The Morgan fingerprint density at radius 3 is 1.19 bits per heavy atom. The van der Waals surface area contributed by atoms with Gasteiger partial charge in [-0.25, -0.2) is 0 Å². The van der Waals surface area contributed by atoms with Crippen LogP contribution in [0.5, 0.6) is 11.5 Å². The van der Waals surface area contributed by atoms with Crippen LogP contribution in [0.25, 0.3) is 0 Å². The van der Waals surface area contributed by atoms with Gasteiger partial charge in [0.15, 0.2) is 0 Å². The highest BCUT2D eigenvalue weighted by molar-refractivity contribution is 7.99. The molecule has 6 rings (SSSR count). The summed E-state index contributed by atoms with van der Waals surface area (Å²) in [6.45, 7) is 0.923. The number of methoxy groups -OCH3 is 2. The van der Waals surface area contributed by atoms with Gasteiger partial charge in [-0.1, -0.05) is 127 Å². The van der Waals surface area contributed by atoms with Gasteiger partial charge < -0.3 is 24.4 Å². The van der Waals surface area contributed by atoms with E-state index >= 15 is 0 Å². The van der Waals surface area contributed by atoms with Gasteiger partial charge in [-0.2, -0.15) is 23.5 Å². The summed E-state index contributed by atoms with van der Waals surface area (Å²) >= 11 is 27.9. The number of aliphatic hydroxyl groups is 1. The van der Waals surface area contributed by atoms with Crippen LogP contribution in [0, 0.1) is 0 Å². The van der Waals surface area contributed by atoms with Crippen molar-refractivity contribution in [1.29, 1.82) is 0 Å². The number of thioether (sulfide) groups is 2. The topological polar surface area (TPSA) is 102 Å². The van der Waals surface area contributed by atoms with E-state index in [1.807, 2.05) is 84.6 Å². The van der Waals surface area contributed by atoms with Crippen LogP contribution in [0.3, 0.4) is 0 Å². The van der Waals surface area contributed by atoms with Crippen LogP contribution in [0.1, 0.15) is 91.2 Å². The molecular weight excluding hydrogens is 1000 g/mol. The molecule has 13 heteroatoms. The Bertz CT molecular complexity index is 2240. The predicted molar refractivity (Wildman–Crippen MR) is 297 cm³/mol. The van der Waals surface area contributed by atoms with E-state index in [9.17, 15) is 9.59 Å². The van der Waals surface area contributed by atoms with Crippen LogP contribution in [0.4, 0.5) is 0 Å². The average Bonchev–Trinajstić information content (AvgIpc) is 3.37. The number of esters is 2. The van der Waals surface area contributed by atoms with Crippen LogP contribution in [0.15, 0.2) is 146 Å². The fraction of sp³-hybridized carbons (Fsp3) is 0.333. The molecule has 0 saturated carbocycles. The summed E-state index contributed by atoms with van der Waals surface area (Å²) in [6, 6.07) is 47.2. The number of aliphatic hydroxyl groups excluding tert-OH is 1. The Morgan fingerprint density at radius 2 is 0.843 bits per heavy atom. The van der Waals surface area contributed by atoms with Crippen molar-refractivity contribution in [1.82, 2.24) is 0 Å². The minimum Gasteiger partial charge on any atom is -0.508 e. The third-order valence-corrected chi connectivity index (χ3v) is 14.0. The van der Waals surface area contributed by atoms with E-state index in [2.05, 4.69) is 58.0 Å². The Hall–Kier alpha value is -4.32. The molecule has 0 spiro atoms. The fourth-order valence-electron chi connectivity index (χ4n) is 7.21. The van der Waals surface area contributed by atoms with Crippen LogP contribution in [-0.2, 0) is 31.9 Å². The first-order valence-corrected chi connectivity index (χ1v) is 26.7. The van der Waals surface area contributed by atoms with Crippen LogP contribution < -0.4 is 4.74 Å².